The van der Waals surface area contributed by atoms with E-state index in [9.17, 15) is 4.79 Å². The Morgan fingerprint density at radius 3 is 2.78 bits per heavy atom. The number of carbonyl (C=O) groups is 1. The first-order chi connectivity index (χ1) is 11.3. The van der Waals surface area contributed by atoms with Gasteiger partial charge in [0.1, 0.15) is 11.3 Å². The third-order valence-corrected chi connectivity index (χ3v) is 3.99. The van der Waals surface area contributed by atoms with E-state index < -0.39 is 0 Å². The van der Waals surface area contributed by atoms with Crippen LogP contribution in [0.3, 0.4) is 0 Å². The van der Waals surface area contributed by atoms with Crippen molar-refractivity contribution in [1.29, 1.82) is 0 Å². The highest BCUT2D eigenvalue weighted by atomic mass is 32.1. The molecule has 0 fully saturated rings. The van der Waals surface area contributed by atoms with E-state index in [0.717, 1.165) is 0 Å². The van der Waals surface area contributed by atoms with Crippen molar-refractivity contribution in [3.63, 3.8) is 0 Å². The number of fused-ring (bicyclic) bond motifs is 1. The van der Waals surface area contributed by atoms with E-state index in [0.29, 0.717) is 27.9 Å². The van der Waals surface area contributed by atoms with E-state index in [1.807, 2.05) is 47.0 Å². The van der Waals surface area contributed by atoms with Crippen molar-refractivity contribution in [1.82, 2.24) is 19.4 Å². The zero-order valence-corrected chi connectivity index (χ0v) is 12.7. The standard InChI is InChI=1S/C16H11N5OS/c22-15(20-16-18-8-10-23-16)13-14(11-5-1-3-7-17-11)21-9-4-2-6-12(21)19-13/h1-10H,(H,18,20,22). The monoisotopic (exact) mass is 321 g/mol. The van der Waals surface area contributed by atoms with Gasteiger partial charge in [-0.3, -0.25) is 19.5 Å². The largest absolute Gasteiger partial charge is 0.297 e. The molecule has 6 nitrogen and oxygen atoms in total. The molecule has 0 aliphatic rings. The molecule has 23 heavy (non-hydrogen) atoms. The Morgan fingerprint density at radius 2 is 2.00 bits per heavy atom. The summed E-state index contributed by atoms with van der Waals surface area (Å²) < 4.78 is 1.86. The number of anilines is 1. The minimum absolute atomic E-state index is 0.302. The molecular weight excluding hydrogens is 310 g/mol. The molecule has 0 radical (unpaired) electrons. The van der Waals surface area contributed by atoms with Crippen molar-refractivity contribution in [2.24, 2.45) is 0 Å². The molecule has 0 aliphatic carbocycles. The quantitative estimate of drug-likeness (QED) is 0.629. The molecule has 1 amide bonds. The van der Waals surface area contributed by atoms with E-state index >= 15 is 0 Å². The number of rotatable bonds is 3. The highest BCUT2D eigenvalue weighted by molar-refractivity contribution is 7.13. The molecule has 4 aromatic heterocycles. The van der Waals surface area contributed by atoms with Gasteiger partial charge >= 0.3 is 0 Å². The maximum Gasteiger partial charge on any atom is 0.278 e. The minimum Gasteiger partial charge on any atom is -0.297 e. The molecule has 0 unspecified atom stereocenters. The predicted octanol–water partition coefficient (Wildman–Crippen LogP) is 3.11. The van der Waals surface area contributed by atoms with Crippen LogP contribution in [0.15, 0.2) is 60.4 Å². The summed E-state index contributed by atoms with van der Waals surface area (Å²) in [7, 11) is 0. The normalized spacial score (nSPS) is 10.8. The number of imidazole rings is 1. The van der Waals surface area contributed by atoms with Crippen molar-refractivity contribution in [3.05, 3.63) is 66.1 Å². The Morgan fingerprint density at radius 1 is 1.09 bits per heavy atom. The third kappa shape index (κ3) is 2.47. The number of hydrogen-bond donors (Lipinski definition) is 1. The molecule has 0 aliphatic heterocycles. The zero-order valence-electron chi connectivity index (χ0n) is 11.9. The van der Waals surface area contributed by atoms with Crippen LogP contribution in [0, 0.1) is 0 Å². The van der Waals surface area contributed by atoms with Crippen molar-refractivity contribution >= 4 is 28.0 Å². The molecule has 0 saturated carbocycles. The first-order valence-electron chi connectivity index (χ1n) is 6.92. The van der Waals surface area contributed by atoms with E-state index in [1.54, 1.807) is 17.8 Å². The van der Waals surface area contributed by atoms with Gasteiger partial charge in [-0.2, -0.15) is 0 Å². The Hall–Kier alpha value is -3.06. The van der Waals surface area contributed by atoms with Gasteiger partial charge in [0.2, 0.25) is 0 Å². The van der Waals surface area contributed by atoms with Crippen LogP contribution in [0.4, 0.5) is 5.13 Å². The molecule has 0 saturated heterocycles. The second kappa shape index (κ2) is 5.62. The number of aromatic nitrogens is 4. The lowest BCUT2D eigenvalue weighted by molar-refractivity contribution is 0.102. The summed E-state index contributed by atoms with van der Waals surface area (Å²) in [6.45, 7) is 0. The van der Waals surface area contributed by atoms with Gasteiger partial charge < -0.3 is 0 Å². The van der Waals surface area contributed by atoms with E-state index in [2.05, 4.69) is 20.3 Å². The van der Waals surface area contributed by atoms with Crippen LogP contribution in [0.25, 0.3) is 17.0 Å². The number of amides is 1. The third-order valence-electron chi connectivity index (χ3n) is 3.31. The SMILES string of the molecule is O=C(Nc1nccs1)c1nc2ccccn2c1-c1ccccn1. The van der Waals surface area contributed by atoms with Crippen LogP contribution in [-0.4, -0.2) is 25.3 Å². The maximum absolute atomic E-state index is 12.6. The maximum atomic E-state index is 12.6. The van der Waals surface area contributed by atoms with Crippen molar-refractivity contribution in [3.8, 4) is 11.4 Å². The van der Waals surface area contributed by atoms with Gasteiger partial charge in [0.15, 0.2) is 10.8 Å². The number of nitrogens with zero attached hydrogens (tertiary/aromatic N) is 4. The second-order valence-corrected chi connectivity index (χ2v) is 5.64. The second-order valence-electron chi connectivity index (χ2n) is 4.74. The minimum atomic E-state index is -0.302. The molecule has 0 aromatic carbocycles. The summed E-state index contributed by atoms with van der Waals surface area (Å²) in [5.74, 6) is -0.302. The molecule has 4 rings (SSSR count). The summed E-state index contributed by atoms with van der Waals surface area (Å²) in [4.78, 5) is 25.5. The lowest BCUT2D eigenvalue weighted by Crippen LogP contribution is -2.13. The van der Waals surface area contributed by atoms with Crippen LogP contribution in [0.5, 0.6) is 0 Å². The van der Waals surface area contributed by atoms with Gasteiger partial charge in [0.25, 0.3) is 5.91 Å². The first-order valence-corrected chi connectivity index (χ1v) is 7.80. The summed E-state index contributed by atoms with van der Waals surface area (Å²) >= 11 is 1.36. The van der Waals surface area contributed by atoms with Gasteiger partial charge in [-0.1, -0.05) is 12.1 Å². The summed E-state index contributed by atoms with van der Waals surface area (Å²) in [5, 5.41) is 5.12. The van der Waals surface area contributed by atoms with Crippen LogP contribution in [0.1, 0.15) is 10.5 Å². The van der Waals surface area contributed by atoms with Gasteiger partial charge in [-0.25, -0.2) is 9.97 Å². The molecule has 0 bridgehead atoms. The lowest BCUT2D eigenvalue weighted by atomic mass is 10.2. The average Bonchev–Trinajstić information content (AvgIpc) is 3.22. The van der Waals surface area contributed by atoms with Crippen molar-refractivity contribution in [2.75, 3.05) is 5.32 Å². The lowest BCUT2D eigenvalue weighted by Gasteiger charge is -2.04. The molecule has 4 heterocycles. The fourth-order valence-electron chi connectivity index (χ4n) is 2.34. The van der Waals surface area contributed by atoms with Crippen molar-refractivity contribution < 1.29 is 4.79 Å². The van der Waals surface area contributed by atoms with E-state index in [-0.39, 0.29) is 5.91 Å². The fraction of sp³-hybridized carbons (Fsp3) is 0. The highest BCUT2D eigenvalue weighted by Crippen LogP contribution is 2.24. The molecule has 7 heteroatoms. The fourth-order valence-corrected chi connectivity index (χ4v) is 2.87. The van der Waals surface area contributed by atoms with Gasteiger partial charge in [0, 0.05) is 24.0 Å². The van der Waals surface area contributed by atoms with E-state index in [4.69, 9.17) is 0 Å². The van der Waals surface area contributed by atoms with Gasteiger partial charge in [-0.15, -0.1) is 11.3 Å². The number of thiazole rings is 1. The molecule has 112 valence electrons. The van der Waals surface area contributed by atoms with Gasteiger partial charge in [-0.05, 0) is 24.3 Å². The van der Waals surface area contributed by atoms with Gasteiger partial charge in [0.05, 0.1) is 5.69 Å². The van der Waals surface area contributed by atoms with Crippen molar-refractivity contribution in [2.45, 2.75) is 0 Å². The number of carbonyl (C=O) groups excluding carboxylic acids is 1. The Labute approximate surface area is 135 Å². The zero-order chi connectivity index (χ0) is 15.6. The topological polar surface area (TPSA) is 72.2 Å². The molecular formula is C16H11N5OS. The summed E-state index contributed by atoms with van der Waals surface area (Å²) in [6.07, 6.45) is 5.20. The van der Waals surface area contributed by atoms with Crippen LogP contribution >= 0.6 is 11.3 Å². The molecule has 0 atom stereocenters. The number of nitrogens with one attached hydrogen (secondary N) is 1. The van der Waals surface area contributed by atoms with Crippen LogP contribution in [-0.2, 0) is 0 Å². The Kier molecular flexibility index (Phi) is 3.32. The highest BCUT2D eigenvalue weighted by Gasteiger charge is 2.21. The summed E-state index contributed by atoms with van der Waals surface area (Å²) in [6, 6.07) is 11.2. The Bertz CT molecular complexity index is 963. The smallest absolute Gasteiger partial charge is 0.278 e. The average molecular weight is 321 g/mol. The molecule has 1 N–H and O–H groups in total. The van der Waals surface area contributed by atoms with Crippen LogP contribution in [0.2, 0.25) is 0 Å². The summed E-state index contributed by atoms with van der Waals surface area (Å²) in [5.41, 5.74) is 2.37. The Balaban J connectivity index is 1.87. The number of hydrogen-bond acceptors (Lipinski definition) is 5. The predicted molar refractivity (Wildman–Crippen MR) is 88.5 cm³/mol. The molecule has 0 spiro atoms. The first kappa shape index (κ1) is 13.6. The number of pyridine rings is 2. The molecule has 4 aromatic rings. The van der Waals surface area contributed by atoms with Crippen LogP contribution < -0.4 is 5.32 Å². The van der Waals surface area contributed by atoms with E-state index in [1.165, 1.54) is 11.3 Å².